The number of allylic oxidation sites excluding steroid dienone is 10. The van der Waals surface area contributed by atoms with Gasteiger partial charge in [0.25, 0.3) is 0 Å². The zero-order valence-corrected chi connectivity index (χ0v) is 33.3. The number of hydrogen-bond acceptors (Lipinski definition) is 9. The smallest absolute Gasteiger partial charge is 0.306 e. The number of aliphatic hydroxyl groups is 3. The third kappa shape index (κ3) is 26.0. The highest BCUT2D eigenvalue weighted by molar-refractivity contribution is 5.70. The fourth-order valence-corrected chi connectivity index (χ4v) is 5.90. The molecular weight excluding hydrogens is 672 g/mol. The fraction of sp³-hybridized carbons (Fsp3) is 0.727. The molecule has 1 aliphatic heterocycles. The van der Waals surface area contributed by atoms with Crippen molar-refractivity contribution in [2.75, 3.05) is 19.8 Å². The van der Waals surface area contributed by atoms with Crippen molar-refractivity contribution in [1.82, 2.24) is 0 Å². The molecule has 0 aromatic heterocycles. The maximum Gasteiger partial charge on any atom is 0.306 e. The Balaban J connectivity index is 2.42. The van der Waals surface area contributed by atoms with Gasteiger partial charge in [-0.25, -0.2) is 0 Å². The second kappa shape index (κ2) is 34.0. The van der Waals surface area contributed by atoms with Crippen LogP contribution < -0.4 is 0 Å². The SMILES string of the molecule is CC/C=C\C/C=C\C/C=C\C/C=C\C/C=C\CCCC(=O)OCC(COC1OC(CO)C(O)C(O)C1C)OC(=O)CCCCCCCCCCCCC. The van der Waals surface area contributed by atoms with E-state index < -0.39 is 43.2 Å². The Morgan fingerprint density at radius 3 is 1.70 bits per heavy atom. The van der Waals surface area contributed by atoms with Gasteiger partial charge in [-0.05, 0) is 51.4 Å². The predicted molar refractivity (Wildman–Crippen MR) is 213 cm³/mol. The second-order valence-electron chi connectivity index (χ2n) is 14.1. The van der Waals surface area contributed by atoms with E-state index in [1.807, 2.05) is 0 Å². The van der Waals surface area contributed by atoms with Gasteiger partial charge in [-0.3, -0.25) is 9.59 Å². The Labute approximate surface area is 321 Å². The van der Waals surface area contributed by atoms with Gasteiger partial charge in [0.05, 0.1) is 19.3 Å². The Kier molecular flexibility index (Phi) is 31.1. The lowest BCUT2D eigenvalue weighted by atomic mass is 9.92. The van der Waals surface area contributed by atoms with Crippen LogP contribution in [-0.4, -0.2) is 77.8 Å². The van der Waals surface area contributed by atoms with Crippen LogP contribution in [0.15, 0.2) is 60.8 Å². The van der Waals surface area contributed by atoms with E-state index in [0.717, 1.165) is 57.8 Å². The lowest BCUT2D eigenvalue weighted by Crippen LogP contribution is -2.55. The third-order valence-corrected chi connectivity index (χ3v) is 9.26. The van der Waals surface area contributed by atoms with Gasteiger partial charge in [-0.2, -0.15) is 0 Å². The molecule has 304 valence electrons. The molecule has 0 bridgehead atoms. The van der Waals surface area contributed by atoms with Gasteiger partial charge in [0.2, 0.25) is 0 Å². The van der Waals surface area contributed by atoms with Crippen molar-refractivity contribution in [2.24, 2.45) is 5.92 Å². The van der Waals surface area contributed by atoms with Crippen LogP contribution in [0.25, 0.3) is 0 Å². The minimum atomic E-state index is -1.25. The molecule has 53 heavy (non-hydrogen) atoms. The zero-order valence-electron chi connectivity index (χ0n) is 33.3. The Hall–Kier alpha value is -2.56. The van der Waals surface area contributed by atoms with Crippen LogP contribution in [0.4, 0.5) is 0 Å². The summed E-state index contributed by atoms with van der Waals surface area (Å²) in [4.78, 5) is 25.3. The van der Waals surface area contributed by atoms with Gasteiger partial charge in [0.15, 0.2) is 12.4 Å². The van der Waals surface area contributed by atoms with Crippen LogP contribution in [-0.2, 0) is 28.5 Å². The molecule has 9 heteroatoms. The molecule has 1 saturated heterocycles. The molecule has 0 aliphatic carbocycles. The minimum Gasteiger partial charge on any atom is -0.462 e. The number of esters is 2. The topological polar surface area (TPSA) is 132 Å². The highest BCUT2D eigenvalue weighted by atomic mass is 16.7. The van der Waals surface area contributed by atoms with Gasteiger partial charge in [0, 0.05) is 18.8 Å². The molecule has 1 aliphatic rings. The highest BCUT2D eigenvalue weighted by Gasteiger charge is 2.42. The molecular formula is C44H74O9. The first-order chi connectivity index (χ1) is 25.8. The van der Waals surface area contributed by atoms with Gasteiger partial charge >= 0.3 is 11.9 Å². The molecule has 0 amide bonds. The van der Waals surface area contributed by atoms with E-state index >= 15 is 0 Å². The summed E-state index contributed by atoms with van der Waals surface area (Å²) >= 11 is 0. The number of carbonyl (C=O) groups is 2. The van der Waals surface area contributed by atoms with E-state index in [2.05, 4.69) is 74.6 Å². The summed E-state index contributed by atoms with van der Waals surface area (Å²) in [5.74, 6) is -1.37. The van der Waals surface area contributed by atoms with Gasteiger partial charge in [-0.15, -0.1) is 0 Å². The van der Waals surface area contributed by atoms with Crippen molar-refractivity contribution >= 4 is 11.9 Å². The van der Waals surface area contributed by atoms with Crippen molar-refractivity contribution in [3.8, 4) is 0 Å². The summed E-state index contributed by atoms with van der Waals surface area (Å²) in [6.07, 6.45) is 35.9. The molecule has 0 aromatic rings. The van der Waals surface area contributed by atoms with Crippen molar-refractivity contribution in [2.45, 2.75) is 180 Å². The summed E-state index contributed by atoms with van der Waals surface area (Å²) in [6, 6.07) is 0. The van der Waals surface area contributed by atoms with Crippen LogP contribution in [0.1, 0.15) is 149 Å². The zero-order chi connectivity index (χ0) is 38.8. The van der Waals surface area contributed by atoms with E-state index in [1.165, 1.54) is 51.4 Å². The first-order valence-corrected chi connectivity index (χ1v) is 20.7. The molecule has 6 unspecified atom stereocenters. The third-order valence-electron chi connectivity index (χ3n) is 9.26. The number of hydrogen-bond donors (Lipinski definition) is 3. The van der Waals surface area contributed by atoms with Gasteiger partial charge in [-0.1, -0.05) is 146 Å². The molecule has 9 nitrogen and oxygen atoms in total. The molecule has 3 N–H and O–H groups in total. The normalized spacial score (nSPS) is 21.5. The van der Waals surface area contributed by atoms with Crippen molar-refractivity contribution in [3.63, 3.8) is 0 Å². The molecule has 1 heterocycles. The fourth-order valence-electron chi connectivity index (χ4n) is 5.90. The lowest BCUT2D eigenvalue weighted by Gasteiger charge is -2.40. The molecule has 0 spiro atoms. The number of carbonyl (C=O) groups excluding carboxylic acids is 2. The predicted octanol–water partition coefficient (Wildman–Crippen LogP) is 9.16. The first kappa shape index (κ1) is 48.5. The number of rotatable bonds is 32. The largest absolute Gasteiger partial charge is 0.462 e. The summed E-state index contributed by atoms with van der Waals surface area (Å²) in [5, 5.41) is 30.1. The molecule has 0 saturated carbocycles. The Morgan fingerprint density at radius 2 is 1.15 bits per heavy atom. The first-order valence-electron chi connectivity index (χ1n) is 20.7. The Morgan fingerprint density at radius 1 is 0.642 bits per heavy atom. The van der Waals surface area contributed by atoms with Gasteiger partial charge < -0.3 is 34.3 Å². The maximum absolute atomic E-state index is 12.7. The van der Waals surface area contributed by atoms with Crippen LogP contribution in [0, 0.1) is 5.92 Å². The van der Waals surface area contributed by atoms with Crippen LogP contribution in [0.5, 0.6) is 0 Å². The number of aliphatic hydroxyl groups excluding tert-OH is 3. The second-order valence-corrected chi connectivity index (χ2v) is 14.1. The summed E-state index contributed by atoms with van der Waals surface area (Å²) in [6.45, 7) is 5.25. The van der Waals surface area contributed by atoms with Crippen molar-refractivity contribution in [3.05, 3.63) is 60.8 Å². The van der Waals surface area contributed by atoms with E-state index in [-0.39, 0.29) is 38.0 Å². The molecule has 0 radical (unpaired) electrons. The standard InChI is InChI=1S/C44H74O9/c1-4-6-8-10-12-14-16-17-18-19-20-21-23-24-26-28-30-32-40(46)50-35-38(36-51-44-37(3)42(48)43(49)39(34-45)53-44)52-41(47)33-31-29-27-25-22-15-13-11-9-7-5-2/h6,8,12,14,17-18,20-21,24,26,37-39,42-45,48-49H,4-5,7,9-11,13,15-16,19,22-23,25,27-36H2,1-3H3/b8-6-,14-12-,18-17-,21-20-,26-24-. The van der Waals surface area contributed by atoms with Crippen LogP contribution in [0.2, 0.25) is 0 Å². The quantitative estimate of drug-likeness (QED) is 0.0350. The summed E-state index contributed by atoms with van der Waals surface area (Å²) in [7, 11) is 0. The van der Waals surface area contributed by atoms with E-state index in [1.54, 1.807) is 6.92 Å². The van der Waals surface area contributed by atoms with Gasteiger partial charge in [0.1, 0.15) is 18.8 Å². The molecule has 1 fully saturated rings. The average Bonchev–Trinajstić information content (AvgIpc) is 3.15. The molecule has 0 aromatic carbocycles. The summed E-state index contributed by atoms with van der Waals surface area (Å²) < 4.78 is 22.7. The minimum absolute atomic E-state index is 0.132. The number of ether oxygens (including phenoxy) is 4. The van der Waals surface area contributed by atoms with E-state index in [0.29, 0.717) is 6.42 Å². The van der Waals surface area contributed by atoms with Crippen LogP contribution in [0.3, 0.4) is 0 Å². The molecule has 6 atom stereocenters. The maximum atomic E-state index is 12.7. The van der Waals surface area contributed by atoms with E-state index in [4.69, 9.17) is 18.9 Å². The lowest BCUT2D eigenvalue weighted by molar-refractivity contribution is -0.287. The van der Waals surface area contributed by atoms with E-state index in [9.17, 15) is 24.9 Å². The highest BCUT2D eigenvalue weighted by Crippen LogP contribution is 2.27. The molecule has 1 rings (SSSR count). The van der Waals surface area contributed by atoms with Crippen molar-refractivity contribution in [1.29, 1.82) is 0 Å². The average molecular weight is 747 g/mol. The number of unbranched alkanes of at least 4 members (excludes halogenated alkanes) is 11. The van der Waals surface area contributed by atoms with Crippen molar-refractivity contribution < 1.29 is 43.9 Å². The summed E-state index contributed by atoms with van der Waals surface area (Å²) in [5.41, 5.74) is 0. The van der Waals surface area contributed by atoms with Crippen LogP contribution >= 0.6 is 0 Å². The monoisotopic (exact) mass is 747 g/mol. The Bertz CT molecular complexity index is 1050.